The number of carbonyl (C=O) groups excluding carboxylic acids is 2. The van der Waals surface area contributed by atoms with Crippen LogP contribution in [0.2, 0.25) is 0 Å². The molecule has 0 heterocycles. The number of fused-ring (bicyclic) bond motifs is 1. The van der Waals surface area contributed by atoms with E-state index in [9.17, 15) is 9.59 Å². The molecule has 0 aliphatic heterocycles. The third kappa shape index (κ3) is 5.18. The molecule has 3 rings (SSSR count). The monoisotopic (exact) mass is 388 g/mol. The number of alkyl carbamates (subject to hydrolysis) is 1. The van der Waals surface area contributed by atoms with Gasteiger partial charge in [-0.25, -0.2) is 4.79 Å². The summed E-state index contributed by atoms with van der Waals surface area (Å²) in [6.45, 7) is 9.71. The smallest absolute Gasteiger partial charge is 0.407 e. The lowest BCUT2D eigenvalue weighted by Gasteiger charge is -2.22. The number of rotatable bonds is 6. The molecule has 154 valence electrons. The summed E-state index contributed by atoms with van der Waals surface area (Å²) in [5.74, 6) is 0.727. The van der Waals surface area contributed by atoms with Crippen molar-refractivity contribution < 1.29 is 19.1 Å². The highest BCUT2D eigenvalue weighted by Crippen LogP contribution is 2.35. The topological polar surface area (TPSA) is 76.7 Å². The SMILES string of the molecule is Cc1c(OCC(C)NC(=O)OC(C)(C)C)cc(C(=O)NC2CC2)c2c1CCC2. The Kier molecular flexibility index (Phi) is 5.87. The first-order valence-electron chi connectivity index (χ1n) is 10.2. The van der Waals surface area contributed by atoms with Crippen LogP contribution in [-0.2, 0) is 17.6 Å². The maximum Gasteiger partial charge on any atom is 0.407 e. The molecule has 0 radical (unpaired) electrons. The predicted octanol–water partition coefficient (Wildman–Crippen LogP) is 3.67. The van der Waals surface area contributed by atoms with Crippen molar-refractivity contribution in [3.63, 3.8) is 0 Å². The molecule has 1 aromatic carbocycles. The summed E-state index contributed by atoms with van der Waals surface area (Å²) in [7, 11) is 0. The highest BCUT2D eigenvalue weighted by Gasteiger charge is 2.28. The number of amides is 2. The molecule has 6 nitrogen and oxygen atoms in total. The largest absolute Gasteiger partial charge is 0.491 e. The minimum absolute atomic E-state index is 0.00503. The first kappa shape index (κ1) is 20.5. The zero-order valence-corrected chi connectivity index (χ0v) is 17.6. The van der Waals surface area contributed by atoms with Crippen LogP contribution in [-0.4, -0.2) is 36.3 Å². The van der Waals surface area contributed by atoms with Crippen molar-refractivity contribution in [2.75, 3.05) is 6.61 Å². The second kappa shape index (κ2) is 8.02. The summed E-state index contributed by atoms with van der Waals surface area (Å²) in [5, 5.41) is 5.88. The van der Waals surface area contributed by atoms with Crippen LogP contribution in [0.3, 0.4) is 0 Å². The number of hydrogen-bond acceptors (Lipinski definition) is 4. The highest BCUT2D eigenvalue weighted by molar-refractivity contribution is 5.97. The summed E-state index contributed by atoms with van der Waals surface area (Å²) in [5.41, 5.74) is 3.72. The third-order valence-corrected chi connectivity index (χ3v) is 5.05. The number of ether oxygens (including phenoxy) is 2. The Morgan fingerprint density at radius 2 is 1.89 bits per heavy atom. The van der Waals surface area contributed by atoms with Gasteiger partial charge in [0.1, 0.15) is 18.0 Å². The Bertz CT molecular complexity index is 763. The Morgan fingerprint density at radius 1 is 1.21 bits per heavy atom. The van der Waals surface area contributed by atoms with Crippen molar-refractivity contribution in [3.05, 3.63) is 28.3 Å². The lowest BCUT2D eigenvalue weighted by atomic mass is 9.97. The number of hydrogen-bond donors (Lipinski definition) is 2. The van der Waals surface area contributed by atoms with Gasteiger partial charge in [0.05, 0.1) is 6.04 Å². The fourth-order valence-electron chi connectivity index (χ4n) is 3.54. The van der Waals surface area contributed by atoms with Gasteiger partial charge in [0, 0.05) is 11.6 Å². The minimum atomic E-state index is -0.537. The van der Waals surface area contributed by atoms with Crippen LogP contribution in [0.4, 0.5) is 4.79 Å². The predicted molar refractivity (Wildman–Crippen MR) is 108 cm³/mol. The van der Waals surface area contributed by atoms with E-state index in [2.05, 4.69) is 10.6 Å². The van der Waals surface area contributed by atoms with Gasteiger partial charge in [-0.05, 0) is 89.5 Å². The van der Waals surface area contributed by atoms with Crippen LogP contribution in [0, 0.1) is 6.92 Å². The molecule has 2 aliphatic rings. The molecular formula is C22H32N2O4. The third-order valence-electron chi connectivity index (χ3n) is 5.05. The van der Waals surface area contributed by atoms with E-state index in [0.29, 0.717) is 12.6 Å². The zero-order valence-electron chi connectivity index (χ0n) is 17.6. The quantitative estimate of drug-likeness (QED) is 0.780. The number of benzene rings is 1. The molecule has 28 heavy (non-hydrogen) atoms. The van der Waals surface area contributed by atoms with E-state index in [1.807, 2.05) is 40.7 Å². The fourth-order valence-corrected chi connectivity index (χ4v) is 3.54. The van der Waals surface area contributed by atoms with Crippen LogP contribution in [0.1, 0.15) is 74.0 Å². The van der Waals surface area contributed by atoms with Crippen LogP contribution >= 0.6 is 0 Å². The first-order valence-corrected chi connectivity index (χ1v) is 10.2. The van der Waals surface area contributed by atoms with Crippen molar-refractivity contribution in [2.45, 2.75) is 84.4 Å². The van der Waals surface area contributed by atoms with Gasteiger partial charge in [0.25, 0.3) is 5.91 Å². The maximum atomic E-state index is 12.7. The van der Waals surface area contributed by atoms with Crippen LogP contribution in [0.15, 0.2) is 6.07 Å². The minimum Gasteiger partial charge on any atom is -0.491 e. The highest BCUT2D eigenvalue weighted by atomic mass is 16.6. The molecule has 2 aliphatic carbocycles. The van der Waals surface area contributed by atoms with E-state index in [-0.39, 0.29) is 11.9 Å². The van der Waals surface area contributed by atoms with Gasteiger partial charge in [-0.3, -0.25) is 4.79 Å². The lowest BCUT2D eigenvalue weighted by molar-refractivity contribution is 0.0493. The Labute approximate surface area is 167 Å². The molecule has 0 bridgehead atoms. The molecule has 1 fully saturated rings. The second-order valence-electron chi connectivity index (χ2n) is 8.96. The van der Waals surface area contributed by atoms with E-state index in [1.54, 1.807) is 0 Å². The van der Waals surface area contributed by atoms with Gasteiger partial charge in [-0.2, -0.15) is 0 Å². The molecule has 0 spiro atoms. The molecule has 1 aromatic rings. The molecule has 1 atom stereocenters. The van der Waals surface area contributed by atoms with E-state index in [4.69, 9.17) is 9.47 Å². The first-order chi connectivity index (χ1) is 13.1. The number of carbonyl (C=O) groups is 2. The standard InChI is InChI=1S/C22H32N2O4/c1-13(23-21(26)28-22(3,4)5)12-27-19-11-18(20(25)24-15-9-10-15)17-8-6-7-16(17)14(19)2/h11,13,15H,6-10,12H2,1-5H3,(H,23,26)(H,24,25). The van der Waals surface area contributed by atoms with Gasteiger partial charge in [-0.1, -0.05) is 0 Å². The van der Waals surface area contributed by atoms with Gasteiger partial charge in [0.2, 0.25) is 0 Å². The van der Waals surface area contributed by atoms with Crippen molar-refractivity contribution in [1.82, 2.24) is 10.6 Å². The second-order valence-corrected chi connectivity index (χ2v) is 8.96. The number of nitrogens with one attached hydrogen (secondary N) is 2. The molecule has 2 amide bonds. The van der Waals surface area contributed by atoms with Gasteiger partial charge in [-0.15, -0.1) is 0 Å². The van der Waals surface area contributed by atoms with E-state index in [1.165, 1.54) is 11.1 Å². The van der Waals surface area contributed by atoms with E-state index >= 15 is 0 Å². The van der Waals surface area contributed by atoms with Crippen molar-refractivity contribution in [2.24, 2.45) is 0 Å². The summed E-state index contributed by atoms with van der Waals surface area (Å²) in [6.07, 6.45) is 4.67. The van der Waals surface area contributed by atoms with Gasteiger partial charge >= 0.3 is 6.09 Å². The van der Waals surface area contributed by atoms with Gasteiger partial charge < -0.3 is 20.1 Å². The molecule has 1 unspecified atom stereocenters. The summed E-state index contributed by atoms with van der Waals surface area (Å²) >= 11 is 0. The van der Waals surface area contributed by atoms with E-state index in [0.717, 1.165) is 49.0 Å². The molecular weight excluding hydrogens is 356 g/mol. The molecule has 6 heteroatoms. The molecule has 1 saturated carbocycles. The summed E-state index contributed by atoms with van der Waals surface area (Å²) in [6, 6.07) is 1.98. The Morgan fingerprint density at radius 3 is 2.54 bits per heavy atom. The normalized spacial score (nSPS) is 16.9. The van der Waals surface area contributed by atoms with Crippen molar-refractivity contribution in [1.29, 1.82) is 0 Å². The maximum absolute atomic E-state index is 12.7. The van der Waals surface area contributed by atoms with Crippen molar-refractivity contribution >= 4 is 12.0 Å². The van der Waals surface area contributed by atoms with Crippen LogP contribution in [0.25, 0.3) is 0 Å². The average Bonchev–Trinajstić information content (AvgIpc) is 3.24. The Balaban J connectivity index is 1.68. The molecule has 2 N–H and O–H groups in total. The Hall–Kier alpha value is -2.24. The molecule has 0 saturated heterocycles. The molecule has 0 aromatic heterocycles. The fraction of sp³-hybridized carbons (Fsp3) is 0.636. The van der Waals surface area contributed by atoms with Gasteiger partial charge in [0.15, 0.2) is 0 Å². The lowest BCUT2D eigenvalue weighted by Crippen LogP contribution is -2.40. The van der Waals surface area contributed by atoms with E-state index < -0.39 is 11.7 Å². The average molecular weight is 389 g/mol. The zero-order chi connectivity index (χ0) is 20.5. The summed E-state index contributed by atoms with van der Waals surface area (Å²) < 4.78 is 11.3. The van der Waals surface area contributed by atoms with Crippen LogP contribution in [0.5, 0.6) is 5.75 Å². The van der Waals surface area contributed by atoms with Crippen molar-refractivity contribution in [3.8, 4) is 5.75 Å². The summed E-state index contributed by atoms with van der Waals surface area (Å²) in [4.78, 5) is 24.6. The van der Waals surface area contributed by atoms with Crippen LogP contribution < -0.4 is 15.4 Å².